The van der Waals surface area contributed by atoms with Crippen molar-refractivity contribution in [3.05, 3.63) is 11.8 Å². The Morgan fingerprint density at radius 3 is 2.67 bits per heavy atom. The predicted molar refractivity (Wildman–Crippen MR) is 61.9 cm³/mol. The van der Waals surface area contributed by atoms with Gasteiger partial charge in [-0.3, -0.25) is 0 Å². The molecule has 1 atom stereocenters. The average Bonchev–Trinajstić information content (AvgIpc) is 2.98. The van der Waals surface area contributed by atoms with Crippen LogP contribution in [0.2, 0.25) is 0 Å². The molecule has 1 aromatic rings. The molecule has 1 fully saturated rings. The van der Waals surface area contributed by atoms with E-state index in [1.54, 1.807) is 0 Å². The molecular formula is C11H15F3N4. The molecule has 18 heavy (non-hydrogen) atoms. The number of nitrogens with zero attached hydrogens (tertiary/aromatic N) is 2. The molecule has 2 rings (SSSR count). The van der Waals surface area contributed by atoms with E-state index < -0.39 is 11.9 Å². The number of alkyl halides is 3. The van der Waals surface area contributed by atoms with Crippen LogP contribution in [0.4, 0.5) is 24.9 Å². The molecule has 0 radical (unpaired) electrons. The highest BCUT2D eigenvalue weighted by Gasteiger charge is 2.33. The van der Waals surface area contributed by atoms with Gasteiger partial charge in [0.25, 0.3) is 0 Å². The topological polar surface area (TPSA) is 63.8 Å². The molecule has 4 nitrogen and oxygen atoms in total. The Morgan fingerprint density at radius 1 is 1.44 bits per heavy atom. The van der Waals surface area contributed by atoms with Crippen LogP contribution in [0.1, 0.15) is 31.9 Å². The summed E-state index contributed by atoms with van der Waals surface area (Å²) in [6.45, 7) is 1.92. The van der Waals surface area contributed by atoms with E-state index in [1.165, 1.54) is 12.8 Å². The van der Waals surface area contributed by atoms with E-state index in [-0.39, 0.29) is 17.8 Å². The lowest BCUT2D eigenvalue weighted by Gasteiger charge is -2.15. The first-order valence-corrected chi connectivity index (χ1v) is 5.83. The van der Waals surface area contributed by atoms with E-state index in [0.29, 0.717) is 5.92 Å². The maximum absolute atomic E-state index is 12.5. The number of anilines is 2. The molecule has 0 saturated heterocycles. The molecule has 1 aliphatic rings. The Labute approximate surface area is 103 Å². The monoisotopic (exact) mass is 260 g/mol. The first-order valence-electron chi connectivity index (χ1n) is 5.83. The predicted octanol–water partition coefficient (Wildman–Crippen LogP) is 2.68. The van der Waals surface area contributed by atoms with Crippen LogP contribution < -0.4 is 11.1 Å². The van der Waals surface area contributed by atoms with Gasteiger partial charge in [0.05, 0.1) is 0 Å². The minimum absolute atomic E-state index is 0.0767. The second-order valence-corrected chi connectivity index (χ2v) is 4.72. The first-order chi connectivity index (χ1) is 8.34. The summed E-state index contributed by atoms with van der Waals surface area (Å²) in [5.74, 6) is 0.447. The maximum atomic E-state index is 12.5. The summed E-state index contributed by atoms with van der Waals surface area (Å²) in [6, 6.07) is 0.965. The molecule has 100 valence electrons. The van der Waals surface area contributed by atoms with Gasteiger partial charge < -0.3 is 11.1 Å². The summed E-state index contributed by atoms with van der Waals surface area (Å²) in [6.07, 6.45) is -1.17. The molecule has 1 aromatic heterocycles. The third-order valence-corrected chi connectivity index (χ3v) is 2.81. The Balaban J connectivity index is 2.09. The third-order valence-electron chi connectivity index (χ3n) is 2.81. The van der Waals surface area contributed by atoms with Gasteiger partial charge in [0.15, 0.2) is 5.69 Å². The van der Waals surface area contributed by atoms with Gasteiger partial charge >= 0.3 is 6.18 Å². The van der Waals surface area contributed by atoms with Crippen LogP contribution in [0.5, 0.6) is 0 Å². The minimum Gasteiger partial charge on any atom is -0.368 e. The van der Waals surface area contributed by atoms with Crippen LogP contribution in [0.3, 0.4) is 0 Å². The molecule has 3 N–H and O–H groups in total. The first kappa shape index (κ1) is 12.9. The highest BCUT2D eigenvalue weighted by molar-refractivity contribution is 5.42. The number of hydrogen-bond donors (Lipinski definition) is 2. The van der Waals surface area contributed by atoms with E-state index in [0.717, 1.165) is 12.5 Å². The van der Waals surface area contributed by atoms with Gasteiger partial charge in [0.2, 0.25) is 5.95 Å². The highest BCUT2D eigenvalue weighted by atomic mass is 19.4. The molecule has 0 aromatic carbocycles. The number of halogens is 3. The number of aromatic nitrogens is 2. The third kappa shape index (κ3) is 3.48. The molecule has 0 aliphatic heterocycles. The number of nitrogens with two attached hydrogens (primary N) is 1. The van der Waals surface area contributed by atoms with E-state index >= 15 is 0 Å². The quantitative estimate of drug-likeness (QED) is 0.873. The lowest BCUT2D eigenvalue weighted by Crippen LogP contribution is -2.19. The molecule has 0 bridgehead atoms. The standard InChI is InChI=1S/C11H15F3N4/c1-6(4-7-2-3-7)16-9-5-8(11(12,13)14)17-10(15)18-9/h5-7H,2-4H2,1H3,(H3,15,16,17,18). The van der Waals surface area contributed by atoms with Crippen molar-refractivity contribution in [3.8, 4) is 0 Å². The van der Waals surface area contributed by atoms with E-state index in [9.17, 15) is 13.2 Å². The lowest BCUT2D eigenvalue weighted by molar-refractivity contribution is -0.141. The summed E-state index contributed by atoms with van der Waals surface area (Å²) in [7, 11) is 0. The number of nitrogen functional groups attached to an aromatic ring is 1. The summed E-state index contributed by atoms with van der Waals surface area (Å²) in [5.41, 5.74) is 4.27. The minimum atomic E-state index is -4.51. The molecule has 1 saturated carbocycles. The van der Waals surface area contributed by atoms with Crippen LogP contribution in [0, 0.1) is 5.92 Å². The maximum Gasteiger partial charge on any atom is 0.433 e. The van der Waals surface area contributed by atoms with Crippen LogP contribution in [-0.2, 0) is 6.18 Å². The van der Waals surface area contributed by atoms with E-state index in [1.807, 2.05) is 6.92 Å². The fraction of sp³-hybridized carbons (Fsp3) is 0.636. The van der Waals surface area contributed by atoms with Gasteiger partial charge in [0.1, 0.15) is 5.82 Å². The average molecular weight is 260 g/mol. The Kier molecular flexibility index (Phi) is 3.32. The lowest BCUT2D eigenvalue weighted by atomic mass is 10.1. The number of rotatable bonds is 4. The van der Waals surface area contributed by atoms with Crippen molar-refractivity contribution in [2.75, 3.05) is 11.1 Å². The normalized spacial score (nSPS) is 17.6. The summed E-state index contributed by atoms with van der Waals surface area (Å²) in [5, 5.41) is 2.94. The van der Waals surface area contributed by atoms with Crippen molar-refractivity contribution < 1.29 is 13.2 Å². The van der Waals surface area contributed by atoms with Crippen LogP contribution in [0.15, 0.2) is 6.07 Å². The van der Waals surface area contributed by atoms with Crippen molar-refractivity contribution in [3.63, 3.8) is 0 Å². The van der Waals surface area contributed by atoms with Crippen LogP contribution in [0.25, 0.3) is 0 Å². The van der Waals surface area contributed by atoms with Gasteiger partial charge in [-0.2, -0.15) is 18.2 Å². The summed E-state index contributed by atoms with van der Waals surface area (Å²) >= 11 is 0. The Hall–Kier alpha value is -1.53. The van der Waals surface area contributed by atoms with Crippen molar-refractivity contribution in [1.82, 2.24) is 9.97 Å². The molecular weight excluding hydrogens is 245 g/mol. The van der Waals surface area contributed by atoms with Gasteiger partial charge in [-0.05, 0) is 19.3 Å². The summed E-state index contributed by atoms with van der Waals surface area (Å²) < 4.78 is 37.6. The molecule has 0 amide bonds. The fourth-order valence-corrected chi connectivity index (χ4v) is 1.85. The van der Waals surface area contributed by atoms with Gasteiger partial charge in [0, 0.05) is 12.1 Å². The largest absolute Gasteiger partial charge is 0.433 e. The fourth-order valence-electron chi connectivity index (χ4n) is 1.85. The zero-order chi connectivity index (χ0) is 13.3. The second-order valence-electron chi connectivity index (χ2n) is 4.72. The smallest absolute Gasteiger partial charge is 0.368 e. The molecule has 7 heteroatoms. The van der Waals surface area contributed by atoms with Crippen molar-refractivity contribution >= 4 is 11.8 Å². The Bertz CT molecular complexity index is 429. The number of hydrogen-bond acceptors (Lipinski definition) is 4. The van der Waals surface area contributed by atoms with Crippen molar-refractivity contribution in [1.29, 1.82) is 0 Å². The zero-order valence-electron chi connectivity index (χ0n) is 9.96. The molecule has 1 heterocycles. The number of nitrogens with one attached hydrogen (secondary N) is 1. The van der Waals surface area contributed by atoms with E-state index in [2.05, 4.69) is 15.3 Å². The van der Waals surface area contributed by atoms with Crippen molar-refractivity contribution in [2.45, 2.75) is 38.4 Å². The molecule has 1 aliphatic carbocycles. The van der Waals surface area contributed by atoms with Gasteiger partial charge in [-0.15, -0.1) is 0 Å². The van der Waals surface area contributed by atoms with Crippen LogP contribution in [-0.4, -0.2) is 16.0 Å². The van der Waals surface area contributed by atoms with E-state index in [4.69, 9.17) is 5.73 Å². The molecule has 0 spiro atoms. The Morgan fingerprint density at radius 2 is 2.11 bits per heavy atom. The second kappa shape index (κ2) is 4.62. The summed E-state index contributed by atoms with van der Waals surface area (Å²) in [4.78, 5) is 6.96. The van der Waals surface area contributed by atoms with Crippen LogP contribution >= 0.6 is 0 Å². The zero-order valence-corrected chi connectivity index (χ0v) is 9.96. The van der Waals surface area contributed by atoms with Gasteiger partial charge in [-0.25, -0.2) is 4.98 Å². The van der Waals surface area contributed by atoms with Crippen molar-refractivity contribution in [2.24, 2.45) is 5.92 Å². The molecule has 1 unspecified atom stereocenters. The van der Waals surface area contributed by atoms with Gasteiger partial charge in [-0.1, -0.05) is 12.8 Å². The SMILES string of the molecule is CC(CC1CC1)Nc1cc(C(F)(F)F)nc(N)n1. The highest BCUT2D eigenvalue weighted by Crippen LogP contribution is 2.34.